The third kappa shape index (κ3) is 1.03. The molecule has 1 saturated carbocycles. The van der Waals surface area contributed by atoms with Crippen LogP contribution in [0.5, 0.6) is 0 Å². The molecule has 2 fully saturated rings. The number of ether oxygens (including phenoxy) is 1. The van der Waals surface area contributed by atoms with Crippen molar-refractivity contribution in [3.63, 3.8) is 0 Å². The van der Waals surface area contributed by atoms with Gasteiger partial charge in [0, 0.05) is 0 Å². The van der Waals surface area contributed by atoms with Crippen molar-refractivity contribution in [2.45, 2.75) is 18.4 Å². The van der Waals surface area contributed by atoms with Gasteiger partial charge in [-0.2, -0.15) is 0 Å². The van der Waals surface area contributed by atoms with Crippen LogP contribution in [0.25, 0.3) is 0 Å². The van der Waals surface area contributed by atoms with Gasteiger partial charge in [-0.3, -0.25) is 4.79 Å². The maximum Gasteiger partial charge on any atom is 0.326 e. The number of carbonyl (C=O) groups excluding carboxylic acids is 1. The highest BCUT2D eigenvalue weighted by Crippen LogP contribution is 2.50. The van der Waals surface area contributed by atoms with Crippen molar-refractivity contribution in [1.29, 1.82) is 0 Å². The number of rotatable bonds is 1. The first kappa shape index (κ1) is 8.81. The molecule has 0 aromatic heterocycles. The van der Waals surface area contributed by atoms with Crippen molar-refractivity contribution in [3.05, 3.63) is 0 Å². The number of methoxy groups -OCH3 is 1. The number of hydrogen-bond donors (Lipinski definition) is 1. The highest BCUT2D eigenvalue weighted by atomic mass is 35.5. The summed E-state index contributed by atoms with van der Waals surface area (Å²) in [6, 6.07) is 0. The molecule has 0 spiro atoms. The zero-order valence-electron chi connectivity index (χ0n) is 6.42. The molecule has 0 amide bonds. The second-order valence-electron chi connectivity index (χ2n) is 3.08. The lowest BCUT2D eigenvalue weighted by Gasteiger charge is -2.08. The minimum atomic E-state index is -0.241. The summed E-state index contributed by atoms with van der Waals surface area (Å²) < 4.78 is 4.68. The molecule has 4 heteroatoms. The van der Waals surface area contributed by atoms with Crippen molar-refractivity contribution in [2.24, 2.45) is 5.92 Å². The van der Waals surface area contributed by atoms with Crippen LogP contribution in [-0.4, -0.2) is 25.2 Å². The van der Waals surface area contributed by atoms with E-state index in [1.165, 1.54) is 7.11 Å². The van der Waals surface area contributed by atoms with E-state index in [-0.39, 0.29) is 23.9 Å². The molecule has 1 N–H and O–H groups in total. The Balaban J connectivity index is 0.000000605. The molecule has 0 aromatic rings. The van der Waals surface area contributed by atoms with Crippen LogP contribution in [0.1, 0.15) is 12.8 Å². The SMILES string of the molecule is COC(=O)[C@@]12C[C@@H]1CCN2.Cl. The molecule has 0 unspecified atom stereocenters. The fourth-order valence-corrected chi connectivity index (χ4v) is 1.87. The van der Waals surface area contributed by atoms with Gasteiger partial charge >= 0.3 is 5.97 Å². The third-order valence-corrected chi connectivity index (χ3v) is 2.59. The summed E-state index contributed by atoms with van der Waals surface area (Å²) in [7, 11) is 1.45. The Hall–Kier alpha value is -0.280. The Morgan fingerprint density at radius 3 is 2.82 bits per heavy atom. The number of carbonyl (C=O) groups is 1. The summed E-state index contributed by atoms with van der Waals surface area (Å²) in [5.41, 5.74) is -0.241. The Labute approximate surface area is 71.9 Å². The third-order valence-electron chi connectivity index (χ3n) is 2.59. The van der Waals surface area contributed by atoms with Gasteiger partial charge in [-0.05, 0) is 25.3 Å². The summed E-state index contributed by atoms with van der Waals surface area (Å²) >= 11 is 0. The van der Waals surface area contributed by atoms with Gasteiger partial charge in [-0.15, -0.1) is 12.4 Å². The van der Waals surface area contributed by atoms with E-state index in [1.807, 2.05) is 0 Å². The van der Waals surface area contributed by atoms with Crippen LogP contribution >= 0.6 is 12.4 Å². The highest BCUT2D eigenvalue weighted by molar-refractivity contribution is 5.85. The molecule has 0 radical (unpaired) electrons. The Bertz CT molecular complexity index is 185. The molecule has 0 aromatic carbocycles. The maximum absolute atomic E-state index is 11.1. The lowest BCUT2D eigenvalue weighted by molar-refractivity contribution is -0.144. The lowest BCUT2D eigenvalue weighted by atomic mass is 10.2. The maximum atomic E-state index is 11.1. The Morgan fingerprint density at radius 1 is 1.73 bits per heavy atom. The number of fused-ring (bicyclic) bond motifs is 1. The molecule has 2 atom stereocenters. The first-order chi connectivity index (χ1) is 4.79. The topological polar surface area (TPSA) is 38.3 Å². The second kappa shape index (κ2) is 2.64. The van der Waals surface area contributed by atoms with E-state index >= 15 is 0 Å². The molecule has 64 valence electrons. The van der Waals surface area contributed by atoms with E-state index in [1.54, 1.807) is 0 Å². The molecule has 1 saturated heterocycles. The van der Waals surface area contributed by atoms with Gasteiger partial charge in [0.2, 0.25) is 0 Å². The number of halogens is 1. The zero-order chi connectivity index (χ0) is 7.19. The average molecular weight is 178 g/mol. The number of piperidine rings is 1. The van der Waals surface area contributed by atoms with Crippen LogP contribution in [0.15, 0.2) is 0 Å². The first-order valence-corrected chi connectivity index (χ1v) is 3.63. The fraction of sp³-hybridized carbons (Fsp3) is 0.857. The summed E-state index contributed by atoms with van der Waals surface area (Å²) in [6.07, 6.45) is 2.12. The van der Waals surface area contributed by atoms with Crippen molar-refractivity contribution in [1.82, 2.24) is 5.32 Å². The summed E-state index contributed by atoms with van der Waals surface area (Å²) in [5.74, 6) is 0.495. The minimum absolute atomic E-state index is 0. The van der Waals surface area contributed by atoms with Gasteiger partial charge < -0.3 is 10.1 Å². The fourth-order valence-electron chi connectivity index (χ4n) is 1.87. The molecular weight excluding hydrogens is 166 g/mol. The summed E-state index contributed by atoms with van der Waals surface area (Å²) in [4.78, 5) is 11.1. The minimum Gasteiger partial charge on any atom is -0.468 e. The monoisotopic (exact) mass is 177 g/mol. The number of hydrogen-bond acceptors (Lipinski definition) is 3. The molecular formula is C7H12ClNO2. The Kier molecular flexibility index (Phi) is 2.12. The molecule has 2 aliphatic rings. The van der Waals surface area contributed by atoms with Crippen LogP contribution in [0.2, 0.25) is 0 Å². The van der Waals surface area contributed by atoms with Crippen molar-refractivity contribution in [3.8, 4) is 0 Å². The van der Waals surface area contributed by atoms with Crippen LogP contribution in [-0.2, 0) is 9.53 Å². The van der Waals surface area contributed by atoms with Gasteiger partial charge in [0.15, 0.2) is 0 Å². The largest absolute Gasteiger partial charge is 0.468 e. The Morgan fingerprint density at radius 2 is 2.45 bits per heavy atom. The molecule has 3 nitrogen and oxygen atoms in total. The van der Waals surface area contributed by atoms with Crippen molar-refractivity contribution in [2.75, 3.05) is 13.7 Å². The zero-order valence-corrected chi connectivity index (χ0v) is 7.24. The molecule has 0 bridgehead atoms. The predicted molar refractivity (Wildman–Crippen MR) is 42.7 cm³/mol. The van der Waals surface area contributed by atoms with Crippen LogP contribution in [0, 0.1) is 5.92 Å². The van der Waals surface area contributed by atoms with E-state index in [9.17, 15) is 4.79 Å². The summed E-state index contributed by atoms with van der Waals surface area (Å²) in [6.45, 7) is 0.972. The number of esters is 1. The van der Waals surface area contributed by atoms with Crippen LogP contribution in [0.4, 0.5) is 0 Å². The molecule has 1 heterocycles. The van der Waals surface area contributed by atoms with Crippen molar-refractivity contribution < 1.29 is 9.53 Å². The van der Waals surface area contributed by atoms with Gasteiger partial charge in [-0.25, -0.2) is 0 Å². The summed E-state index contributed by atoms with van der Waals surface area (Å²) in [5, 5.41) is 3.18. The van der Waals surface area contributed by atoms with E-state index < -0.39 is 0 Å². The average Bonchev–Trinajstić information content (AvgIpc) is 2.54. The van der Waals surface area contributed by atoms with Crippen molar-refractivity contribution >= 4 is 18.4 Å². The standard InChI is InChI=1S/C7H11NO2.ClH/c1-10-6(9)7-4-5(7)2-3-8-7;/h5,8H,2-4H2,1H3;1H/t5-,7+;/m0./s1. The van der Waals surface area contributed by atoms with E-state index in [0.717, 1.165) is 19.4 Å². The molecule has 1 aliphatic carbocycles. The first-order valence-electron chi connectivity index (χ1n) is 3.63. The number of nitrogens with one attached hydrogen (secondary N) is 1. The lowest BCUT2D eigenvalue weighted by Crippen LogP contribution is -2.37. The highest BCUT2D eigenvalue weighted by Gasteiger charge is 2.63. The quantitative estimate of drug-likeness (QED) is 0.587. The van der Waals surface area contributed by atoms with E-state index in [0.29, 0.717) is 5.92 Å². The smallest absolute Gasteiger partial charge is 0.326 e. The molecule has 2 rings (SSSR count). The van der Waals surface area contributed by atoms with E-state index in [4.69, 9.17) is 0 Å². The predicted octanol–water partition coefficient (Wildman–Crippen LogP) is 0.333. The molecule has 11 heavy (non-hydrogen) atoms. The molecule has 1 aliphatic heterocycles. The van der Waals surface area contributed by atoms with Gasteiger partial charge in [-0.1, -0.05) is 0 Å². The van der Waals surface area contributed by atoms with E-state index in [2.05, 4.69) is 10.1 Å². The van der Waals surface area contributed by atoms with Gasteiger partial charge in [0.1, 0.15) is 5.54 Å². The van der Waals surface area contributed by atoms with Gasteiger partial charge in [0.05, 0.1) is 7.11 Å². The second-order valence-corrected chi connectivity index (χ2v) is 3.08. The normalized spacial score (nSPS) is 38.8. The van der Waals surface area contributed by atoms with Gasteiger partial charge in [0.25, 0.3) is 0 Å². The van der Waals surface area contributed by atoms with Crippen LogP contribution < -0.4 is 5.32 Å². The van der Waals surface area contributed by atoms with Crippen LogP contribution in [0.3, 0.4) is 0 Å².